The van der Waals surface area contributed by atoms with Gasteiger partial charge in [-0.1, -0.05) is 102 Å². The van der Waals surface area contributed by atoms with Crippen molar-refractivity contribution in [1.29, 1.82) is 0 Å². The molecule has 0 radical (unpaired) electrons. The maximum atomic E-state index is 15.9. The lowest BCUT2D eigenvalue weighted by atomic mass is 9.44. The first-order valence-electron chi connectivity index (χ1n) is 29.9. The quantitative estimate of drug-likeness (QED) is 0.0175. The molecule has 2 saturated carbocycles. The maximum Gasteiger partial charge on any atom is 0.412 e. The van der Waals surface area contributed by atoms with Gasteiger partial charge in [0.25, 0.3) is 5.91 Å². The van der Waals surface area contributed by atoms with Crippen LogP contribution in [0.4, 0.5) is 19.4 Å². The summed E-state index contributed by atoms with van der Waals surface area (Å²) in [6.07, 6.45) is -17.2. The highest BCUT2D eigenvalue weighted by molar-refractivity contribution is 8.76. The van der Waals surface area contributed by atoms with E-state index >= 15 is 9.59 Å². The number of amides is 2. The smallest absolute Gasteiger partial charge is 0.412 e. The van der Waals surface area contributed by atoms with Gasteiger partial charge in [0.2, 0.25) is 12.3 Å². The first-order valence-corrected chi connectivity index (χ1v) is 32.4. The van der Waals surface area contributed by atoms with Crippen molar-refractivity contribution in [3.8, 4) is 0 Å². The number of rotatable bonds is 23. The minimum atomic E-state index is -3.94. The van der Waals surface area contributed by atoms with E-state index in [0.717, 1.165) is 26.1 Å². The van der Waals surface area contributed by atoms with Crippen LogP contribution in [0.1, 0.15) is 112 Å². The van der Waals surface area contributed by atoms with Crippen molar-refractivity contribution < 1.29 is 105 Å². The number of aromatic nitrogens is 2. The average molecular weight is 1340 g/mol. The predicted molar refractivity (Wildman–Crippen MR) is 326 cm³/mol. The highest BCUT2D eigenvalue weighted by Crippen LogP contribution is 2.64. The summed E-state index contributed by atoms with van der Waals surface area (Å²) < 4.78 is 76.8. The lowest BCUT2D eigenvalue weighted by molar-refractivity contribution is -0.346. The molecule has 3 unspecified atom stereocenters. The zero-order valence-electron chi connectivity index (χ0n) is 51.4. The number of ketones is 1. The monoisotopic (exact) mass is 1330 g/mol. The summed E-state index contributed by atoms with van der Waals surface area (Å²) in [5.74, 6) is -11.7. The van der Waals surface area contributed by atoms with Gasteiger partial charge >= 0.3 is 47.6 Å². The van der Waals surface area contributed by atoms with Crippen molar-refractivity contribution in [2.45, 2.75) is 152 Å². The molecular formula is C64H72F2N4O21S2. The van der Waals surface area contributed by atoms with E-state index in [1.165, 1.54) is 73.5 Å². The van der Waals surface area contributed by atoms with Crippen LogP contribution < -0.4 is 16.3 Å². The number of Topliss-reactive ketones (excluding diaryl/α,β-unsaturated/α-hetero) is 1. The van der Waals surface area contributed by atoms with Gasteiger partial charge in [0.1, 0.15) is 48.5 Å². The maximum absolute atomic E-state index is 15.9. The molecule has 500 valence electrons. The van der Waals surface area contributed by atoms with Crippen LogP contribution in [0.15, 0.2) is 119 Å². The first-order chi connectivity index (χ1) is 44.1. The number of carbonyl (C=O) groups is 8. The zero-order valence-corrected chi connectivity index (χ0v) is 53.1. The summed E-state index contributed by atoms with van der Waals surface area (Å²) in [5.41, 5.74) is -9.08. The highest BCUT2D eigenvalue weighted by Gasteiger charge is 2.78. The molecule has 0 spiro atoms. The van der Waals surface area contributed by atoms with Crippen LogP contribution in [0.25, 0.3) is 0 Å². The summed E-state index contributed by atoms with van der Waals surface area (Å²) in [5, 5.41) is 50.5. The Balaban J connectivity index is 0.945. The second-order valence-electron chi connectivity index (χ2n) is 24.0. The number of alkyl halides is 2. The SMILES string of the molecule is CC(=O)O[C@H]1C(=O)[C@@]2(C)[C@H]([C@H](OC(=O)c3ccccc3)[C@]3(O)C[C@H](OC(=O)[C@H](OC(=O)CCCCSSCCOC(=O)Nc4ccn(C5OC(CO)C(O)C5(F)F)c(=O)n4)[C@@H](NC(=O)c4ccccc4)c4ccccc4)C(C)=C1C3(C)C)[C@]1(OC(C)=O)CO[C@@H]1C[C@@H]2O. The van der Waals surface area contributed by atoms with E-state index in [4.69, 9.17) is 37.9 Å². The Morgan fingerprint density at radius 3 is 2.09 bits per heavy atom. The molecule has 3 heterocycles. The topological polar surface area (TPSA) is 350 Å². The number of anilines is 1. The third kappa shape index (κ3) is 14.0. The van der Waals surface area contributed by atoms with E-state index in [9.17, 15) is 62.8 Å². The van der Waals surface area contributed by atoms with Crippen molar-refractivity contribution in [2.75, 3.05) is 36.6 Å². The molecule has 2 amide bonds. The normalized spacial score (nSPS) is 28.8. The molecule has 4 aromatic rings. The molecule has 1 aromatic heterocycles. The number of nitrogens with one attached hydrogen (secondary N) is 2. The van der Waals surface area contributed by atoms with E-state index in [1.807, 2.05) is 0 Å². The molecular weight excluding hydrogens is 1260 g/mol. The third-order valence-electron chi connectivity index (χ3n) is 17.9. The van der Waals surface area contributed by atoms with E-state index in [0.29, 0.717) is 16.7 Å². The molecule has 14 atom stereocenters. The highest BCUT2D eigenvalue weighted by atomic mass is 33.1. The molecule has 6 N–H and O–H groups in total. The molecule has 3 aliphatic carbocycles. The van der Waals surface area contributed by atoms with E-state index in [-0.39, 0.29) is 71.9 Å². The van der Waals surface area contributed by atoms with Gasteiger partial charge < -0.3 is 63.6 Å². The van der Waals surface area contributed by atoms with Gasteiger partial charge in [-0.25, -0.2) is 19.2 Å². The van der Waals surface area contributed by atoms with Gasteiger partial charge in [-0.2, -0.15) is 13.8 Å². The molecule has 93 heavy (non-hydrogen) atoms. The number of nitrogens with zero attached hydrogens (tertiary/aromatic N) is 2. The van der Waals surface area contributed by atoms with Crippen molar-refractivity contribution in [3.05, 3.63) is 142 Å². The van der Waals surface area contributed by atoms with Gasteiger partial charge in [0.15, 0.2) is 23.6 Å². The zero-order chi connectivity index (χ0) is 67.4. The third-order valence-corrected chi connectivity index (χ3v) is 20.4. The van der Waals surface area contributed by atoms with Crippen LogP contribution in [-0.4, -0.2) is 175 Å². The number of esters is 5. The van der Waals surface area contributed by atoms with Gasteiger partial charge in [-0.05, 0) is 73.7 Å². The Morgan fingerprint density at radius 1 is 0.839 bits per heavy atom. The van der Waals surface area contributed by atoms with Crippen LogP contribution >= 0.6 is 21.6 Å². The van der Waals surface area contributed by atoms with Gasteiger partial charge in [-0.15, -0.1) is 0 Å². The van der Waals surface area contributed by atoms with Crippen LogP contribution in [0.2, 0.25) is 0 Å². The number of carbonyl (C=O) groups excluding carboxylic acids is 8. The first kappa shape index (κ1) is 69.7. The standard InChI is InChI=1S/C64H72F2N4O21S2/c1-34-40(31-63(83)53(90-55(79)39-22-14-9-15-23-39)50-61(6,42(74)30-43-62(50,33-85-43)91-36(3)73)52(77)48(86-35(2)72)46(34)60(63,4)5)87-56(80)49(47(37-18-10-7-11-19-37)69-54(78)38-20-12-8-13-21-38)89-45(75)24-16-17-28-92-93-29-27-84-59(82)68-44-25-26-70(58(81)67-44)57-64(65,66)51(76)41(32-71)88-57/h7-15,18-23,25-26,40-43,47-51,53,57,71,74,76,83H,16-17,24,27-33H2,1-6H3,(H,69,78)(H,67,68,81,82)/t40-,41?,42-,43+,47-,48+,49+,50-,51?,53-,57?,61+,62-,63+/m0/s1. The lowest BCUT2D eigenvalue weighted by Crippen LogP contribution is -2.82. The second kappa shape index (κ2) is 28.5. The minimum Gasteiger partial charge on any atom is -0.455 e. The molecule has 29 heteroatoms. The molecule has 3 aromatic carbocycles. The van der Waals surface area contributed by atoms with Crippen molar-refractivity contribution in [1.82, 2.24) is 14.9 Å². The molecule has 9 rings (SSSR count). The van der Waals surface area contributed by atoms with Gasteiger partial charge in [0.05, 0.1) is 36.2 Å². The summed E-state index contributed by atoms with van der Waals surface area (Å²) in [7, 11) is 2.69. The van der Waals surface area contributed by atoms with Crippen LogP contribution in [0, 0.1) is 16.7 Å². The number of hydrogen-bond donors (Lipinski definition) is 6. The summed E-state index contributed by atoms with van der Waals surface area (Å²) in [6.45, 7) is 6.65. The molecule has 25 nitrogen and oxygen atoms in total. The average Bonchev–Trinajstić information content (AvgIpc) is 1.02. The fraction of sp³-hybridized carbons (Fsp3) is 0.500. The van der Waals surface area contributed by atoms with Crippen LogP contribution in [-0.2, 0) is 61.9 Å². The number of aliphatic hydroxyl groups is 4. The number of benzene rings is 3. The Labute approximate surface area is 539 Å². The molecule has 2 bridgehead atoms. The molecule has 2 aliphatic heterocycles. The largest absolute Gasteiger partial charge is 0.455 e. The van der Waals surface area contributed by atoms with Crippen LogP contribution in [0.3, 0.4) is 0 Å². The Bertz CT molecular complexity index is 3550. The molecule has 5 aliphatic rings. The Morgan fingerprint density at radius 2 is 1.48 bits per heavy atom. The number of aliphatic hydroxyl groups excluding tert-OH is 3. The number of fused-ring (bicyclic) bond motifs is 5. The van der Waals surface area contributed by atoms with Gasteiger partial charge in [0, 0.05) is 61.8 Å². The second-order valence-corrected chi connectivity index (χ2v) is 26.7. The minimum absolute atomic E-state index is 0.0111. The Kier molecular flexibility index (Phi) is 21.4. The summed E-state index contributed by atoms with van der Waals surface area (Å²) in [6, 6.07) is 23.4. The van der Waals surface area contributed by atoms with Crippen molar-refractivity contribution in [3.63, 3.8) is 0 Å². The fourth-order valence-corrected chi connectivity index (χ4v) is 15.1. The molecule has 4 fully saturated rings. The Hall–Kier alpha value is -7.64. The van der Waals surface area contributed by atoms with Crippen molar-refractivity contribution in [2.24, 2.45) is 16.7 Å². The number of halogens is 2. The predicted octanol–water partition coefficient (Wildman–Crippen LogP) is 5.53. The van der Waals surface area contributed by atoms with Gasteiger partial charge in [-0.3, -0.25) is 33.9 Å². The number of hydrogen-bond acceptors (Lipinski definition) is 24. The van der Waals surface area contributed by atoms with Crippen LogP contribution in [0.5, 0.6) is 0 Å². The van der Waals surface area contributed by atoms with E-state index in [2.05, 4.69) is 15.6 Å². The van der Waals surface area contributed by atoms with E-state index in [1.54, 1.807) is 66.7 Å². The van der Waals surface area contributed by atoms with Crippen molar-refractivity contribution >= 4 is 75.0 Å². The fourth-order valence-electron chi connectivity index (χ4n) is 13.1. The molecule has 2 saturated heterocycles. The lowest BCUT2D eigenvalue weighted by Gasteiger charge is -2.67. The summed E-state index contributed by atoms with van der Waals surface area (Å²) >= 11 is 0. The van der Waals surface area contributed by atoms with E-state index < -0.39 is 161 Å². The number of ether oxygens (including phenoxy) is 8. The number of unbranched alkanes of at least 4 members (excludes halogenated alkanes) is 1. The summed E-state index contributed by atoms with van der Waals surface area (Å²) in [4.78, 5) is 129.